The van der Waals surface area contributed by atoms with Crippen molar-refractivity contribution in [3.63, 3.8) is 0 Å². The van der Waals surface area contributed by atoms with Crippen molar-refractivity contribution >= 4 is 17.4 Å². The van der Waals surface area contributed by atoms with Gasteiger partial charge >= 0.3 is 0 Å². The summed E-state index contributed by atoms with van der Waals surface area (Å²) in [5.41, 5.74) is 0.458. The average molecular weight is 308 g/mol. The normalized spacial score (nSPS) is 10.3. The molecule has 0 atom stereocenters. The molecule has 0 fully saturated rings. The minimum atomic E-state index is -0.975. The lowest BCUT2D eigenvalue weighted by molar-refractivity contribution is 0.0932. The van der Waals surface area contributed by atoms with Gasteiger partial charge in [-0.1, -0.05) is 0 Å². The first-order chi connectivity index (χ1) is 10.6. The van der Waals surface area contributed by atoms with Crippen LogP contribution >= 0.6 is 0 Å². The molecule has 0 aliphatic heterocycles. The number of hydrogen-bond acceptors (Lipinski definition) is 5. The first-order valence-electron chi connectivity index (χ1n) is 6.41. The van der Waals surface area contributed by atoms with Crippen molar-refractivity contribution in [2.24, 2.45) is 0 Å². The molecule has 0 saturated heterocycles. The van der Waals surface area contributed by atoms with Gasteiger partial charge in [0.25, 0.3) is 5.91 Å². The van der Waals surface area contributed by atoms with Gasteiger partial charge in [0.05, 0.1) is 6.61 Å². The molecule has 2 rings (SSSR count). The summed E-state index contributed by atoms with van der Waals surface area (Å²) >= 11 is 0. The summed E-state index contributed by atoms with van der Waals surface area (Å²) in [5, 5.41) is 5.39. The lowest BCUT2D eigenvalue weighted by atomic mass is 10.3. The molecule has 8 heteroatoms. The summed E-state index contributed by atoms with van der Waals surface area (Å²) in [6.45, 7) is 0.738. The molecule has 0 saturated carbocycles. The summed E-state index contributed by atoms with van der Waals surface area (Å²) < 4.78 is 30.8. The molecule has 0 bridgehead atoms. The molecule has 6 nitrogen and oxygen atoms in total. The molecule has 0 radical (unpaired) electrons. The van der Waals surface area contributed by atoms with Crippen LogP contribution in [-0.4, -0.2) is 36.1 Å². The maximum atomic E-state index is 13.1. The van der Waals surface area contributed by atoms with Gasteiger partial charge < -0.3 is 15.4 Å². The summed E-state index contributed by atoms with van der Waals surface area (Å²) in [6.07, 6.45) is 1.20. The van der Waals surface area contributed by atoms with E-state index in [-0.39, 0.29) is 17.4 Å². The van der Waals surface area contributed by atoms with Crippen LogP contribution in [0.15, 0.2) is 30.6 Å². The van der Waals surface area contributed by atoms with Crippen LogP contribution in [0, 0.1) is 11.6 Å². The Labute approximate surface area is 125 Å². The second kappa shape index (κ2) is 7.41. The Morgan fingerprint density at radius 3 is 2.77 bits per heavy atom. The van der Waals surface area contributed by atoms with E-state index >= 15 is 0 Å². The number of amides is 1. The van der Waals surface area contributed by atoms with Crippen molar-refractivity contribution in [1.29, 1.82) is 0 Å². The Balaban J connectivity index is 2.07. The molecular weight excluding hydrogens is 294 g/mol. The number of methoxy groups -OCH3 is 1. The molecule has 1 aromatic carbocycles. The van der Waals surface area contributed by atoms with Crippen LogP contribution in [0.2, 0.25) is 0 Å². The van der Waals surface area contributed by atoms with Gasteiger partial charge in [0.15, 0.2) is 11.6 Å². The summed E-state index contributed by atoms with van der Waals surface area (Å²) in [7, 11) is 1.53. The third kappa shape index (κ3) is 4.19. The van der Waals surface area contributed by atoms with Gasteiger partial charge in [0, 0.05) is 31.5 Å². The fourth-order valence-corrected chi connectivity index (χ4v) is 1.63. The molecule has 1 heterocycles. The lowest BCUT2D eigenvalue weighted by Gasteiger charge is -2.08. The van der Waals surface area contributed by atoms with Gasteiger partial charge in [-0.25, -0.2) is 18.7 Å². The van der Waals surface area contributed by atoms with Crippen LogP contribution in [0.1, 0.15) is 10.5 Å². The van der Waals surface area contributed by atoms with Gasteiger partial charge in [-0.3, -0.25) is 4.79 Å². The van der Waals surface area contributed by atoms with Crippen molar-refractivity contribution in [1.82, 2.24) is 15.3 Å². The van der Waals surface area contributed by atoms with Crippen molar-refractivity contribution in [3.05, 3.63) is 47.9 Å². The zero-order chi connectivity index (χ0) is 15.9. The second-order valence-corrected chi connectivity index (χ2v) is 4.29. The zero-order valence-electron chi connectivity index (χ0n) is 11.8. The Morgan fingerprint density at radius 2 is 2.05 bits per heavy atom. The number of halogens is 2. The Kier molecular flexibility index (Phi) is 5.31. The van der Waals surface area contributed by atoms with Crippen molar-refractivity contribution in [2.45, 2.75) is 0 Å². The van der Waals surface area contributed by atoms with E-state index in [0.29, 0.717) is 18.8 Å². The highest BCUT2D eigenvalue weighted by atomic mass is 19.2. The molecule has 2 N–H and O–H groups in total. The van der Waals surface area contributed by atoms with Gasteiger partial charge in [-0.15, -0.1) is 0 Å². The molecule has 22 heavy (non-hydrogen) atoms. The third-order valence-corrected chi connectivity index (χ3v) is 2.68. The van der Waals surface area contributed by atoms with Gasteiger partial charge in [0.1, 0.15) is 17.8 Å². The highest BCUT2D eigenvalue weighted by Crippen LogP contribution is 2.17. The van der Waals surface area contributed by atoms with Crippen LogP contribution in [0.3, 0.4) is 0 Å². The van der Waals surface area contributed by atoms with E-state index in [0.717, 1.165) is 12.1 Å². The van der Waals surface area contributed by atoms with Crippen LogP contribution in [0.25, 0.3) is 0 Å². The SMILES string of the molecule is COCCNC(=O)c1cc(Nc2ccc(F)c(F)c2)ncn1. The van der Waals surface area contributed by atoms with E-state index in [9.17, 15) is 13.6 Å². The van der Waals surface area contributed by atoms with E-state index in [2.05, 4.69) is 20.6 Å². The Bertz CT molecular complexity index is 667. The third-order valence-electron chi connectivity index (χ3n) is 2.68. The topological polar surface area (TPSA) is 76.1 Å². The number of anilines is 2. The quantitative estimate of drug-likeness (QED) is 0.797. The van der Waals surface area contributed by atoms with Gasteiger partial charge in [0.2, 0.25) is 0 Å². The van der Waals surface area contributed by atoms with E-state index < -0.39 is 11.6 Å². The number of hydrogen-bond donors (Lipinski definition) is 2. The van der Waals surface area contributed by atoms with E-state index in [1.165, 1.54) is 25.6 Å². The smallest absolute Gasteiger partial charge is 0.270 e. The summed E-state index contributed by atoms with van der Waals surface area (Å²) in [6, 6.07) is 4.76. The van der Waals surface area contributed by atoms with Crippen LogP contribution < -0.4 is 10.6 Å². The lowest BCUT2D eigenvalue weighted by Crippen LogP contribution is -2.27. The predicted octanol–water partition coefficient (Wildman–Crippen LogP) is 1.87. The van der Waals surface area contributed by atoms with Crippen molar-refractivity contribution in [3.8, 4) is 0 Å². The average Bonchev–Trinajstić information content (AvgIpc) is 2.51. The van der Waals surface area contributed by atoms with E-state index in [4.69, 9.17) is 4.74 Å². The summed E-state index contributed by atoms with van der Waals surface area (Å²) in [4.78, 5) is 19.6. The molecule has 0 aliphatic carbocycles. The number of rotatable bonds is 6. The van der Waals surface area contributed by atoms with Crippen molar-refractivity contribution in [2.75, 3.05) is 25.6 Å². The van der Waals surface area contributed by atoms with E-state index in [1.54, 1.807) is 0 Å². The Morgan fingerprint density at radius 1 is 1.23 bits per heavy atom. The number of nitrogens with one attached hydrogen (secondary N) is 2. The fraction of sp³-hybridized carbons (Fsp3) is 0.214. The first kappa shape index (κ1) is 15.8. The van der Waals surface area contributed by atoms with Crippen LogP contribution in [0.4, 0.5) is 20.3 Å². The fourth-order valence-electron chi connectivity index (χ4n) is 1.63. The van der Waals surface area contributed by atoms with Crippen molar-refractivity contribution < 1.29 is 18.3 Å². The molecule has 116 valence electrons. The predicted molar refractivity (Wildman–Crippen MR) is 75.9 cm³/mol. The number of nitrogens with zero attached hydrogens (tertiary/aromatic N) is 2. The van der Waals surface area contributed by atoms with Gasteiger partial charge in [-0.2, -0.15) is 0 Å². The first-order valence-corrected chi connectivity index (χ1v) is 6.41. The second-order valence-electron chi connectivity index (χ2n) is 4.29. The number of benzene rings is 1. The van der Waals surface area contributed by atoms with Crippen LogP contribution in [0.5, 0.6) is 0 Å². The maximum Gasteiger partial charge on any atom is 0.270 e. The molecular formula is C14H14F2N4O2. The monoisotopic (exact) mass is 308 g/mol. The zero-order valence-corrected chi connectivity index (χ0v) is 11.8. The largest absolute Gasteiger partial charge is 0.383 e. The molecule has 0 spiro atoms. The van der Waals surface area contributed by atoms with E-state index in [1.807, 2.05) is 0 Å². The minimum absolute atomic E-state index is 0.149. The number of aromatic nitrogens is 2. The molecule has 1 amide bonds. The minimum Gasteiger partial charge on any atom is -0.383 e. The number of carbonyl (C=O) groups is 1. The summed E-state index contributed by atoms with van der Waals surface area (Å²) in [5.74, 6) is -2.01. The standard InChI is InChI=1S/C14H14F2N4O2/c1-22-5-4-17-14(21)12-7-13(19-8-18-12)20-9-2-3-10(15)11(16)6-9/h2-3,6-8H,4-5H2,1H3,(H,17,21)(H,18,19,20). The molecule has 0 aliphatic rings. The molecule has 1 aromatic heterocycles. The maximum absolute atomic E-state index is 13.1. The number of carbonyl (C=O) groups excluding carboxylic acids is 1. The highest BCUT2D eigenvalue weighted by Gasteiger charge is 2.09. The highest BCUT2D eigenvalue weighted by molar-refractivity contribution is 5.92. The van der Waals surface area contributed by atoms with Gasteiger partial charge in [-0.05, 0) is 12.1 Å². The molecule has 0 unspecified atom stereocenters. The number of ether oxygens (including phenoxy) is 1. The van der Waals surface area contributed by atoms with Crippen LogP contribution in [-0.2, 0) is 4.74 Å². The Hall–Kier alpha value is -2.61. The molecule has 2 aromatic rings.